The molecule has 0 aromatic heterocycles. The summed E-state index contributed by atoms with van der Waals surface area (Å²) >= 11 is 9.78. The lowest BCUT2D eigenvalue weighted by atomic mass is 10.3. The maximum Gasteiger partial charge on any atom is 0.183 e. The molecule has 0 atom stereocenters. The normalized spacial score (nSPS) is 10.4. The number of phenolic OH excluding ortho intramolecular Hbond substituents is 2. The number of halogens is 3. The van der Waals surface area contributed by atoms with Crippen LogP contribution in [0.3, 0.4) is 0 Å². The van der Waals surface area contributed by atoms with Gasteiger partial charge in [-0.25, -0.2) is 0 Å². The van der Waals surface area contributed by atoms with E-state index in [1.54, 1.807) is 18.2 Å². The van der Waals surface area contributed by atoms with Crippen molar-refractivity contribution in [2.24, 2.45) is 0 Å². The van der Waals surface area contributed by atoms with Crippen LogP contribution in [0.1, 0.15) is 0 Å². The number of benzene rings is 2. The summed E-state index contributed by atoms with van der Waals surface area (Å²) in [5.41, 5.74) is 0. The molecule has 0 unspecified atom stereocenters. The van der Waals surface area contributed by atoms with Gasteiger partial charge in [0.05, 0.1) is 4.47 Å². The third-order valence-corrected chi connectivity index (χ3v) is 3.66. The van der Waals surface area contributed by atoms with E-state index in [0.717, 1.165) is 8.95 Å². The average Bonchev–Trinajstić information content (AvgIpc) is 2.25. The third-order valence-electron chi connectivity index (χ3n) is 2.12. The van der Waals surface area contributed by atoms with Crippen LogP contribution in [0.2, 0.25) is 0 Å². The molecule has 0 aliphatic rings. The molecule has 0 heterocycles. The number of phenols is 2. The minimum Gasteiger partial charge on any atom is -0.504 e. The van der Waals surface area contributed by atoms with Crippen molar-refractivity contribution in [1.82, 2.24) is 0 Å². The van der Waals surface area contributed by atoms with Gasteiger partial charge in [-0.05, 0) is 46.3 Å². The van der Waals surface area contributed by atoms with Crippen LogP contribution < -0.4 is 4.74 Å². The minimum absolute atomic E-state index is 0.0152. The lowest BCUT2D eigenvalue weighted by molar-refractivity contribution is 0.383. The summed E-state index contributed by atoms with van der Waals surface area (Å²) in [7, 11) is 0. The summed E-state index contributed by atoms with van der Waals surface area (Å²) in [4.78, 5) is 0. The van der Waals surface area contributed by atoms with Gasteiger partial charge in [0.25, 0.3) is 0 Å². The molecule has 0 bridgehead atoms. The van der Waals surface area contributed by atoms with Crippen LogP contribution >= 0.6 is 47.8 Å². The zero-order valence-electron chi connectivity index (χ0n) is 8.82. The standard InChI is InChI=1S/C12H7Br3O3/c13-6-1-2-11(9(16)4-6)18-12-8(15)3-7(14)5-10(12)17/h1-5,16-17H. The molecule has 2 aromatic rings. The summed E-state index contributed by atoms with van der Waals surface area (Å²) in [6.07, 6.45) is 0. The molecule has 0 radical (unpaired) electrons. The van der Waals surface area contributed by atoms with Gasteiger partial charge in [0.1, 0.15) is 0 Å². The average molecular weight is 439 g/mol. The Balaban J connectivity index is 2.40. The second-order valence-electron chi connectivity index (χ2n) is 3.45. The van der Waals surface area contributed by atoms with Crippen molar-refractivity contribution >= 4 is 47.8 Å². The molecule has 0 spiro atoms. The molecular weight excluding hydrogens is 432 g/mol. The number of rotatable bonds is 2. The van der Waals surface area contributed by atoms with E-state index in [9.17, 15) is 10.2 Å². The highest BCUT2D eigenvalue weighted by atomic mass is 79.9. The Morgan fingerprint density at radius 2 is 1.50 bits per heavy atom. The summed E-state index contributed by atoms with van der Waals surface area (Å²) in [6, 6.07) is 8.10. The van der Waals surface area contributed by atoms with Gasteiger partial charge in [-0.3, -0.25) is 0 Å². The first-order valence-electron chi connectivity index (χ1n) is 4.82. The van der Waals surface area contributed by atoms with Gasteiger partial charge in [0, 0.05) is 8.95 Å². The Morgan fingerprint density at radius 1 is 0.833 bits per heavy atom. The summed E-state index contributed by atoms with van der Waals surface area (Å²) in [6.45, 7) is 0. The number of ether oxygens (including phenoxy) is 1. The topological polar surface area (TPSA) is 49.7 Å². The number of aromatic hydroxyl groups is 2. The Bertz CT molecular complexity index is 576. The first-order chi connectivity index (χ1) is 8.47. The summed E-state index contributed by atoms with van der Waals surface area (Å²) in [5.74, 6) is 0.463. The van der Waals surface area contributed by atoms with Crippen LogP contribution in [0.4, 0.5) is 0 Å². The molecule has 0 aliphatic carbocycles. The van der Waals surface area contributed by atoms with E-state index in [1.807, 2.05) is 0 Å². The van der Waals surface area contributed by atoms with E-state index in [4.69, 9.17) is 4.74 Å². The van der Waals surface area contributed by atoms with Crippen molar-refractivity contribution < 1.29 is 14.9 Å². The zero-order valence-corrected chi connectivity index (χ0v) is 13.6. The van der Waals surface area contributed by atoms with Gasteiger partial charge in [-0.1, -0.05) is 31.9 Å². The van der Waals surface area contributed by atoms with Crippen molar-refractivity contribution in [3.8, 4) is 23.0 Å². The highest BCUT2D eigenvalue weighted by Gasteiger charge is 2.12. The van der Waals surface area contributed by atoms with E-state index in [1.165, 1.54) is 12.1 Å². The minimum atomic E-state index is -0.0291. The third kappa shape index (κ3) is 2.99. The predicted molar refractivity (Wildman–Crippen MR) is 79.4 cm³/mol. The van der Waals surface area contributed by atoms with Gasteiger partial charge in [-0.15, -0.1) is 0 Å². The molecule has 0 fully saturated rings. The molecule has 6 heteroatoms. The van der Waals surface area contributed by atoms with Crippen LogP contribution in [0.5, 0.6) is 23.0 Å². The molecule has 0 saturated heterocycles. The molecule has 0 aliphatic heterocycles. The molecule has 2 rings (SSSR count). The first kappa shape index (κ1) is 13.7. The highest BCUT2D eigenvalue weighted by Crippen LogP contribution is 2.42. The molecule has 0 saturated carbocycles. The number of hydrogen-bond donors (Lipinski definition) is 2. The quantitative estimate of drug-likeness (QED) is 0.679. The van der Waals surface area contributed by atoms with Crippen molar-refractivity contribution in [1.29, 1.82) is 0 Å². The second kappa shape index (κ2) is 5.50. The maximum atomic E-state index is 9.80. The SMILES string of the molecule is Oc1cc(Br)ccc1Oc1c(O)cc(Br)cc1Br. The molecule has 0 amide bonds. The van der Waals surface area contributed by atoms with E-state index in [0.29, 0.717) is 4.47 Å². The van der Waals surface area contributed by atoms with Crippen LogP contribution in [0.15, 0.2) is 43.7 Å². The summed E-state index contributed by atoms with van der Waals surface area (Å²) < 4.78 is 7.54. The molecular formula is C12H7Br3O3. The number of hydrogen-bond acceptors (Lipinski definition) is 3. The van der Waals surface area contributed by atoms with Gasteiger partial charge in [-0.2, -0.15) is 0 Å². The van der Waals surface area contributed by atoms with Gasteiger partial charge >= 0.3 is 0 Å². The lowest BCUT2D eigenvalue weighted by Gasteiger charge is -2.11. The highest BCUT2D eigenvalue weighted by molar-refractivity contribution is 9.11. The molecule has 3 nitrogen and oxygen atoms in total. The van der Waals surface area contributed by atoms with E-state index < -0.39 is 0 Å². The zero-order chi connectivity index (χ0) is 13.3. The van der Waals surface area contributed by atoms with E-state index in [2.05, 4.69) is 47.8 Å². The Morgan fingerprint density at radius 3 is 2.11 bits per heavy atom. The molecule has 2 N–H and O–H groups in total. The van der Waals surface area contributed by atoms with E-state index in [-0.39, 0.29) is 23.0 Å². The van der Waals surface area contributed by atoms with Crippen LogP contribution in [-0.4, -0.2) is 10.2 Å². The van der Waals surface area contributed by atoms with Crippen molar-refractivity contribution in [3.63, 3.8) is 0 Å². The fourth-order valence-electron chi connectivity index (χ4n) is 1.33. The smallest absolute Gasteiger partial charge is 0.183 e. The monoisotopic (exact) mass is 436 g/mol. The van der Waals surface area contributed by atoms with Gasteiger partial charge < -0.3 is 14.9 Å². The Hall–Kier alpha value is -0.720. The Kier molecular flexibility index (Phi) is 4.19. The first-order valence-corrected chi connectivity index (χ1v) is 7.19. The largest absolute Gasteiger partial charge is 0.504 e. The van der Waals surface area contributed by atoms with Gasteiger partial charge in [0.15, 0.2) is 23.0 Å². The fourth-order valence-corrected chi connectivity index (χ4v) is 2.97. The fraction of sp³-hybridized carbons (Fsp3) is 0. The van der Waals surface area contributed by atoms with Crippen LogP contribution in [0, 0.1) is 0 Å². The summed E-state index contributed by atoms with van der Waals surface area (Å²) in [5, 5.41) is 19.5. The van der Waals surface area contributed by atoms with Crippen molar-refractivity contribution in [2.45, 2.75) is 0 Å². The van der Waals surface area contributed by atoms with Crippen LogP contribution in [-0.2, 0) is 0 Å². The van der Waals surface area contributed by atoms with Crippen molar-refractivity contribution in [2.75, 3.05) is 0 Å². The maximum absolute atomic E-state index is 9.80. The predicted octanol–water partition coefficient (Wildman–Crippen LogP) is 5.18. The van der Waals surface area contributed by atoms with Crippen molar-refractivity contribution in [3.05, 3.63) is 43.7 Å². The molecule has 18 heavy (non-hydrogen) atoms. The molecule has 94 valence electrons. The molecule has 2 aromatic carbocycles. The Labute approximate surface area is 129 Å². The van der Waals surface area contributed by atoms with E-state index >= 15 is 0 Å². The second-order valence-corrected chi connectivity index (χ2v) is 6.14. The lowest BCUT2D eigenvalue weighted by Crippen LogP contribution is -1.87. The van der Waals surface area contributed by atoms with Crippen LogP contribution in [0.25, 0.3) is 0 Å². The van der Waals surface area contributed by atoms with Gasteiger partial charge in [0.2, 0.25) is 0 Å².